The molecule has 0 amide bonds. The topological polar surface area (TPSA) is 21.3 Å². The molecule has 70 valence electrons. The lowest BCUT2D eigenvalue weighted by molar-refractivity contribution is 0.0814. The zero-order valence-electron chi connectivity index (χ0n) is 7.46. The molecule has 0 saturated carbocycles. The fourth-order valence-corrected chi connectivity index (χ4v) is 1.34. The first-order valence-electron chi connectivity index (χ1n) is 4.03. The number of hydrogen-bond donors (Lipinski definition) is 1. The molecule has 0 aliphatic rings. The molecule has 0 unspecified atom stereocenters. The molecule has 13 heavy (non-hydrogen) atoms. The van der Waals surface area contributed by atoms with Gasteiger partial charge in [-0.05, 0) is 17.7 Å². The molecule has 0 bridgehead atoms. The lowest BCUT2D eigenvalue weighted by Crippen LogP contribution is -2.06. The zero-order chi connectivity index (χ0) is 9.52. The maximum absolute atomic E-state index is 4.94. The maximum atomic E-state index is 4.94. The minimum absolute atomic E-state index is 0.572. The van der Waals surface area contributed by atoms with Gasteiger partial charge in [-0.2, -0.15) is 0 Å². The Kier molecular flexibility index (Phi) is 4.75. The van der Waals surface area contributed by atoms with Crippen LogP contribution in [0.1, 0.15) is 5.56 Å². The summed E-state index contributed by atoms with van der Waals surface area (Å²) in [6.45, 7) is 0.572. The van der Waals surface area contributed by atoms with Crippen molar-refractivity contribution >= 4 is 22.0 Å². The summed E-state index contributed by atoms with van der Waals surface area (Å²) in [5.41, 5.74) is 3.77. The van der Waals surface area contributed by atoms with E-state index in [1.165, 1.54) is 0 Å². The van der Waals surface area contributed by atoms with Crippen molar-refractivity contribution in [2.75, 3.05) is 13.7 Å². The molecule has 2 nitrogen and oxygen atoms in total. The summed E-state index contributed by atoms with van der Waals surface area (Å²) in [5, 5.41) is 0. The van der Waals surface area contributed by atoms with E-state index in [-0.39, 0.29) is 0 Å². The normalized spacial score (nSPS) is 10.9. The van der Waals surface area contributed by atoms with Crippen LogP contribution in [0.4, 0.5) is 0 Å². The molecular weight excluding hydrogens is 230 g/mol. The molecule has 0 fully saturated rings. The average Bonchev–Trinajstić information content (AvgIpc) is 2.13. The second kappa shape index (κ2) is 5.91. The SMILES string of the molecule is CNOC/C=C/c1cccc(Br)c1. The number of hydrogen-bond acceptors (Lipinski definition) is 2. The monoisotopic (exact) mass is 241 g/mol. The maximum Gasteiger partial charge on any atom is 0.0866 e. The third kappa shape index (κ3) is 4.22. The van der Waals surface area contributed by atoms with E-state index >= 15 is 0 Å². The molecule has 0 aliphatic carbocycles. The summed E-state index contributed by atoms with van der Waals surface area (Å²) in [7, 11) is 1.74. The predicted octanol–water partition coefficient (Wildman–Crippen LogP) is 2.61. The summed E-state index contributed by atoms with van der Waals surface area (Å²) in [6.07, 6.45) is 3.97. The Morgan fingerprint density at radius 1 is 1.54 bits per heavy atom. The first-order valence-corrected chi connectivity index (χ1v) is 4.83. The highest BCUT2D eigenvalue weighted by molar-refractivity contribution is 9.10. The van der Waals surface area contributed by atoms with Crippen LogP contribution in [0.15, 0.2) is 34.8 Å². The van der Waals surface area contributed by atoms with Gasteiger partial charge in [0.1, 0.15) is 0 Å². The van der Waals surface area contributed by atoms with Crippen molar-refractivity contribution < 1.29 is 4.84 Å². The molecule has 1 rings (SSSR count). The molecule has 0 saturated heterocycles. The van der Waals surface area contributed by atoms with E-state index in [4.69, 9.17) is 4.84 Å². The van der Waals surface area contributed by atoms with E-state index in [1.807, 2.05) is 30.4 Å². The predicted molar refractivity (Wildman–Crippen MR) is 58.2 cm³/mol. The molecule has 0 aliphatic heterocycles. The summed E-state index contributed by atoms with van der Waals surface area (Å²) in [5.74, 6) is 0. The fourth-order valence-electron chi connectivity index (χ4n) is 0.926. The summed E-state index contributed by atoms with van der Waals surface area (Å²) < 4.78 is 1.09. The Balaban J connectivity index is 2.48. The number of hydroxylamine groups is 1. The Labute approximate surface area is 86.7 Å². The summed E-state index contributed by atoms with van der Waals surface area (Å²) in [6, 6.07) is 8.10. The minimum atomic E-state index is 0.572. The van der Waals surface area contributed by atoms with Crippen molar-refractivity contribution in [1.82, 2.24) is 5.48 Å². The van der Waals surface area contributed by atoms with E-state index < -0.39 is 0 Å². The third-order valence-corrected chi connectivity index (χ3v) is 1.98. The van der Waals surface area contributed by atoms with Gasteiger partial charge < -0.3 is 0 Å². The lowest BCUT2D eigenvalue weighted by Gasteiger charge is -1.95. The summed E-state index contributed by atoms with van der Waals surface area (Å²) >= 11 is 3.41. The highest BCUT2D eigenvalue weighted by Gasteiger charge is 1.87. The van der Waals surface area contributed by atoms with Gasteiger partial charge in [-0.1, -0.05) is 40.2 Å². The smallest absolute Gasteiger partial charge is 0.0866 e. The standard InChI is InChI=1S/C10H12BrNO/c1-12-13-7-3-5-9-4-2-6-10(11)8-9/h2-6,8,12H,7H2,1H3/b5-3+. The van der Waals surface area contributed by atoms with Crippen molar-refractivity contribution in [3.63, 3.8) is 0 Å². The number of rotatable bonds is 4. The van der Waals surface area contributed by atoms with Crippen LogP contribution in [0.3, 0.4) is 0 Å². The van der Waals surface area contributed by atoms with Crippen molar-refractivity contribution in [1.29, 1.82) is 0 Å². The second-order valence-electron chi connectivity index (χ2n) is 2.47. The van der Waals surface area contributed by atoms with E-state index in [9.17, 15) is 0 Å². The van der Waals surface area contributed by atoms with Gasteiger partial charge in [0.25, 0.3) is 0 Å². The highest BCUT2D eigenvalue weighted by Crippen LogP contribution is 2.12. The van der Waals surface area contributed by atoms with Crippen molar-refractivity contribution in [2.45, 2.75) is 0 Å². The molecule has 1 N–H and O–H groups in total. The van der Waals surface area contributed by atoms with Gasteiger partial charge >= 0.3 is 0 Å². The van der Waals surface area contributed by atoms with Crippen LogP contribution in [0.5, 0.6) is 0 Å². The first kappa shape index (κ1) is 10.4. The minimum Gasteiger partial charge on any atom is -0.298 e. The van der Waals surface area contributed by atoms with E-state index in [0.29, 0.717) is 6.61 Å². The van der Waals surface area contributed by atoms with Crippen LogP contribution in [0.2, 0.25) is 0 Å². The first-order chi connectivity index (χ1) is 6.33. The Hall–Kier alpha value is -0.640. The van der Waals surface area contributed by atoms with Gasteiger partial charge in [0.2, 0.25) is 0 Å². The molecule has 0 aromatic heterocycles. The van der Waals surface area contributed by atoms with Crippen molar-refractivity contribution in [3.8, 4) is 0 Å². The zero-order valence-corrected chi connectivity index (χ0v) is 9.04. The van der Waals surface area contributed by atoms with Crippen LogP contribution in [0, 0.1) is 0 Å². The van der Waals surface area contributed by atoms with E-state index in [2.05, 4.69) is 27.5 Å². The van der Waals surface area contributed by atoms with E-state index in [1.54, 1.807) is 7.05 Å². The van der Waals surface area contributed by atoms with Gasteiger partial charge in [0, 0.05) is 11.5 Å². The third-order valence-electron chi connectivity index (χ3n) is 1.48. The van der Waals surface area contributed by atoms with Crippen molar-refractivity contribution in [2.24, 2.45) is 0 Å². The summed E-state index contributed by atoms with van der Waals surface area (Å²) in [4.78, 5) is 4.94. The lowest BCUT2D eigenvalue weighted by atomic mass is 10.2. The van der Waals surface area contributed by atoms with Crippen LogP contribution in [-0.2, 0) is 4.84 Å². The quantitative estimate of drug-likeness (QED) is 0.647. The average molecular weight is 242 g/mol. The number of halogens is 1. The molecule has 1 aromatic carbocycles. The van der Waals surface area contributed by atoms with Gasteiger partial charge in [-0.25, -0.2) is 5.48 Å². The molecule has 3 heteroatoms. The van der Waals surface area contributed by atoms with Crippen LogP contribution in [-0.4, -0.2) is 13.7 Å². The van der Waals surface area contributed by atoms with Gasteiger partial charge in [0.05, 0.1) is 6.61 Å². The van der Waals surface area contributed by atoms with Gasteiger partial charge in [0.15, 0.2) is 0 Å². The number of nitrogens with one attached hydrogen (secondary N) is 1. The van der Waals surface area contributed by atoms with Crippen LogP contribution in [0.25, 0.3) is 6.08 Å². The molecule has 0 radical (unpaired) electrons. The Morgan fingerprint density at radius 3 is 3.08 bits per heavy atom. The highest BCUT2D eigenvalue weighted by atomic mass is 79.9. The Morgan fingerprint density at radius 2 is 2.38 bits per heavy atom. The largest absolute Gasteiger partial charge is 0.298 e. The van der Waals surface area contributed by atoms with Crippen molar-refractivity contribution in [3.05, 3.63) is 40.4 Å². The molecule has 1 aromatic rings. The Bertz CT molecular complexity index is 286. The molecule has 0 spiro atoms. The molecular formula is C10H12BrNO. The second-order valence-corrected chi connectivity index (χ2v) is 3.39. The molecule has 0 atom stereocenters. The van der Waals surface area contributed by atoms with E-state index in [0.717, 1.165) is 10.0 Å². The van der Waals surface area contributed by atoms with Crippen LogP contribution < -0.4 is 5.48 Å². The molecule has 0 heterocycles. The fraction of sp³-hybridized carbons (Fsp3) is 0.200. The van der Waals surface area contributed by atoms with Gasteiger partial charge in [-0.3, -0.25) is 4.84 Å². The number of benzene rings is 1. The van der Waals surface area contributed by atoms with Gasteiger partial charge in [-0.15, -0.1) is 0 Å². The van der Waals surface area contributed by atoms with Crippen LogP contribution >= 0.6 is 15.9 Å².